The highest BCUT2D eigenvalue weighted by Gasteiger charge is 2.59. The van der Waals surface area contributed by atoms with Crippen molar-refractivity contribution in [3.05, 3.63) is 0 Å². The Bertz CT molecular complexity index is 448. The molecule has 134 valence electrons. The third-order valence-corrected chi connectivity index (χ3v) is 4.05. The molecule has 10 N–H and O–H groups in total. The van der Waals surface area contributed by atoms with Gasteiger partial charge < -0.3 is 51.6 Å². The van der Waals surface area contributed by atoms with Crippen LogP contribution in [0, 0.1) is 0 Å². The third kappa shape index (κ3) is 3.36. The number of carbonyl (C=O) groups is 2. The Kier molecular flexibility index (Phi) is 6.18. The smallest absolute Gasteiger partial charge is 0.335 e. The van der Waals surface area contributed by atoms with E-state index in [0.29, 0.717) is 0 Å². The lowest BCUT2D eigenvalue weighted by molar-refractivity contribution is -0.272. The van der Waals surface area contributed by atoms with Crippen molar-refractivity contribution < 1.29 is 45.0 Å². The van der Waals surface area contributed by atoms with Crippen LogP contribution in [-0.4, -0.2) is 97.2 Å². The maximum Gasteiger partial charge on any atom is 0.335 e. The second-order valence-electron chi connectivity index (χ2n) is 5.60. The highest BCUT2D eigenvalue weighted by Crippen LogP contribution is 2.32. The molecule has 1 heterocycles. The van der Waals surface area contributed by atoms with E-state index in [9.17, 15) is 35.1 Å². The Morgan fingerprint density at radius 3 is 2.13 bits per heavy atom. The number of hydrogen-bond acceptors (Lipinski definition) is 10. The van der Waals surface area contributed by atoms with Crippen LogP contribution in [0.25, 0.3) is 0 Å². The summed E-state index contributed by atoms with van der Waals surface area (Å²) in [6.07, 6.45) is -11.3. The fourth-order valence-corrected chi connectivity index (χ4v) is 2.56. The van der Waals surface area contributed by atoms with Gasteiger partial charge in [0.15, 0.2) is 6.10 Å². The summed E-state index contributed by atoms with van der Waals surface area (Å²) in [7, 11) is 0. The number of hydrogen-bond donors (Lipinski definition) is 8. The zero-order valence-corrected chi connectivity index (χ0v) is 12.3. The van der Waals surface area contributed by atoms with Crippen LogP contribution in [0.15, 0.2) is 0 Å². The molecule has 0 bridgehead atoms. The molecule has 0 saturated carbocycles. The molecule has 0 aromatic carbocycles. The first-order chi connectivity index (χ1) is 10.5. The average molecular weight is 338 g/mol. The van der Waals surface area contributed by atoms with Gasteiger partial charge in [0.05, 0.1) is 18.2 Å². The summed E-state index contributed by atoms with van der Waals surface area (Å²) < 4.78 is 4.96. The van der Waals surface area contributed by atoms with Gasteiger partial charge in [0, 0.05) is 0 Å². The van der Waals surface area contributed by atoms with Crippen molar-refractivity contribution in [3.63, 3.8) is 0 Å². The molecule has 1 aliphatic rings. The molecule has 9 atom stereocenters. The Hall–Kier alpha value is -1.18. The third-order valence-electron chi connectivity index (χ3n) is 4.05. The summed E-state index contributed by atoms with van der Waals surface area (Å²) in [5.41, 5.74) is 8.53. The van der Waals surface area contributed by atoms with Crippen LogP contribution in [0.5, 0.6) is 0 Å². The van der Waals surface area contributed by atoms with Gasteiger partial charge in [0.1, 0.15) is 36.3 Å². The molecule has 0 spiro atoms. The lowest BCUT2D eigenvalue weighted by Crippen LogP contribution is -2.76. The van der Waals surface area contributed by atoms with Crippen molar-refractivity contribution >= 4 is 12.3 Å². The molecule has 0 aromatic rings. The minimum absolute atomic E-state index is 0.0749. The number of aliphatic hydroxyl groups is 5. The Balaban J connectivity index is 3.33. The normalized spacial score (nSPS) is 38.2. The molecule has 1 fully saturated rings. The molecular formula is C12H22N2O9. The minimum Gasteiger partial charge on any atom is -0.479 e. The highest BCUT2D eigenvalue weighted by atomic mass is 16.6. The second kappa shape index (κ2) is 7.15. The second-order valence-corrected chi connectivity index (χ2v) is 5.60. The van der Waals surface area contributed by atoms with E-state index in [4.69, 9.17) is 21.3 Å². The lowest BCUT2D eigenvalue weighted by Gasteiger charge is -2.49. The average Bonchev–Trinajstić information content (AvgIpc) is 2.49. The summed E-state index contributed by atoms with van der Waals surface area (Å²) in [5, 5.41) is 58.7. The molecule has 23 heavy (non-hydrogen) atoms. The first kappa shape index (κ1) is 19.9. The van der Waals surface area contributed by atoms with Gasteiger partial charge in [-0.2, -0.15) is 0 Å². The fraction of sp³-hybridized carbons (Fsp3) is 0.833. The summed E-state index contributed by atoms with van der Waals surface area (Å²) in [6, 6.07) is -3.40. The van der Waals surface area contributed by atoms with Crippen LogP contribution in [0.3, 0.4) is 0 Å². The number of carboxylic acids is 1. The van der Waals surface area contributed by atoms with E-state index in [1.807, 2.05) is 0 Å². The zero-order valence-electron chi connectivity index (χ0n) is 12.3. The van der Waals surface area contributed by atoms with Crippen molar-refractivity contribution in [1.29, 1.82) is 0 Å². The molecule has 11 heteroatoms. The molecule has 0 radical (unpaired) electrons. The topological polar surface area (TPSA) is 217 Å². The van der Waals surface area contributed by atoms with Crippen LogP contribution >= 0.6 is 0 Å². The maximum absolute atomic E-state index is 11.1. The quantitative estimate of drug-likeness (QED) is 0.214. The van der Waals surface area contributed by atoms with Gasteiger partial charge in [-0.25, -0.2) is 4.79 Å². The standard InChI is InChI=1S/C12H22N2O9/c1-3(16)9(14)12(22,4(13)2-15)10-7(19)5(17)6(18)8(23-10)11(20)21/h2-10,16-19,22H,13-14H2,1H3,(H,20,21)/t3-,4+,5+,6-,7-,8+,9+,10+,12-/m1/s1. The van der Waals surface area contributed by atoms with Gasteiger partial charge in [-0.05, 0) is 6.92 Å². The number of carboxylic acid groups (broad SMARTS) is 1. The number of aldehydes is 1. The molecule has 0 aliphatic carbocycles. The summed E-state index contributed by atoms with van der Waals surface area (Å²) in [6.45, 7) is 1.17. The summed E-state index contributed by atoms with van der Waals surface area (Å²) >= 11 is 0. The number of nitrogens with two attached hydrogens (primary N) is 2. The largest absolute Gasteiger partial charge is 0.479 e. The molecule has 11 nitrogen and oxygen atoms in total. The van der Waals surface area contributed by atoms with E-state index < -0.39 is 60.3 Å². The SMILES string of the molecule is C[C@@H](O)[C@H](N)[C@](O)([C@@H](N)C=O)[C@H]1O[C@H](C(=O)O)[C@H](O)[C@H](O)[C@H]1O. The van der Waals surface area contributed by atoms with Gasteiger partial charge in [0.2, 0.25) is 0 Å². The number of carbonyl (C=O) groups excluding carboxylic acids is 1. The van der Waals surface area contributed by atoms with E-state index in [-0.39, 0.29) is 6.29 Å². The van der Waals surface area contributed by atoms with Crippen molar-refractivity contribution in [1.82, 2.24) is 0 Å². The highest BCUT2D eigenvalue weighted by molar-refractivity contribution is 5.73. The van der Waals surface area contributed by atoms with Crippen LogP contribution < -0.4 is 11.5 Å². The first-order valence-electron chi connectivity index (χ1n) is 6.79. The maximum atomic E-state index is 11.1. The summed E-state index contributed by atoms with van der Waals surface area (Å²) in [5.74, 6) is -1.68. The lowest BCUT2D eigenvalue weighted by atomic mass is 9.75. The molecule has 0 aromatic heterocycles. The molecule has 0 amide bonds. The van der Waals surface area contributed by atoms with Crippen molar-refractivity contribution in [2.45, 2.75) is 61.2 Å². The van der Waals surface area contributed by atoms with Crippen molar-refractivity contribution in [2.75, 3.05) is 0 Å². The van der Waals surface area contributed by atoms with Crippen LogP contribution in [0.1, 0.15) is 6.92 Å². The molecular weight excluding hydrogens is 316 g/mol. The Morgan fingerprint density at radius 1 is 1.22 bits per heavy atom. The molecule has 1 saturated heterocycles. The van der Waals surface area contributed by atoms with E-state index >= 15 is 0 Å². The van der Waals surface area contributed by atoms with Gasteiger partial charge in [-0.3, -0.25) is 0 Å². The van der Waals surface area contributed by atoms with E-state index in [0.717, 1.165) is 0 Å². The van der Waals surface area contributed by atoms with Crippen LogP contribution in [-0.2, 0) is 14.3 Å². The summed E-state index contributed by atoms with van der Waals surface area (Å²) in [4.78, 5) is 22.1. The Morgan fingerprint density at radius 2 is 1.74 bits per heavy atom. The van der Waals surface area contributed by atoms with Crippen LogP contribution in [0.2, 0.25) is 0 Å². The number of rotatable bonds is 6. The molecule has 0 unspecified atom stereocenters. The first-order valence-corrected chi connectivity index (χ1v) is 6.79. The molecule has 1 aliphatic heterocycles. The number of aliphatic carboxylic acids is 1. The zero-order chi connectivity index (χ0) is 18.1. The van der Waals surface area contributed by atoms with Crippen molar-refractivity contribution in [3.8, 4) is 0 Å². The van der Waals surface area contributed by atoms with Gasteiger partial charge in [-0.1, -0.05) is 0 Å². The van der Waals surface area contributed by atoms with E-state index in [2.05, 4.69) is 0 Å². The van der Waals surface area contributed by atoms with Gasteiger partial charge in [-0.15, -0.1) is 0 Å². The van der Waals surface area contributed by atoms with Crippen LogP contribution in [0.4, 0.5) is 0 Å². The predicted octanol–water partition coefficient (Wildman–Crippen LogP) is -5.11. The predicted molar refractivity (Wildman–Crippen MR) is 73.0 cm³/mol. The van der Waals surface area contributed by atoms with Gasteiger partial charge >= 0.3 is 5.97 Å². The van der Waals surface area contributed by atoms with E-state index in [1.54, 1.807) is 0 Å². The molecule has 1 rings (SSSR count). The monoisotopic (exact) mass is 338 g/mol. The van der Waals surface area contributed by atoms with Crippen molar-refractivity contribution in [2.24, 2.45) is 11.5 Å². The minimum atomic E-state index is -2.61. The number of ether oxygens (including phenoxy) is 1. The Labute approximate surface area is 131 Å². The number of aliphatic hydroxyl groups excluding tert-OH is 4. The van der Waals surface area contributed by atoms with Gasteiger partial charge in [0.25, 0.3) is 0 Å². The van der Waals surface area contributed by atoms with E-state index in [1.165, 1.54) is 6.92 Å². The fourth-order valence-electron chi connectivity index (χ4n) is 2.56.